The van der Waals surface area contributed by atoms with Crippen LogP contribution in [0.25, 0.3) is 22.2 Å². The van der Waals surface area contributed by atoms with Gasteiger partial charge in [0.25, 0.3) is 0 Å². The van der Waals surface area contributed by atoms with Crippen molar-refractivity contribution in [3.05, 3.63) is 93.2 Å². The van der Waals surface area contributed by atoms with Crippen LogP contribution in [0.2, 0.25) is 5.02 Å². The van der Waals surface area contributed by atoms with Crippen molar-refractivity contribution < 1.29 is 4.39 Å². The monoisotopic (exact) mass is 413 g/mol. The van der Waals surface area contributed by atoms with E-state index in [1.54, 1.807) is 6.07 Å². The first-order chi connectivity index (χ1) is 12.1. The number of fused-ring (bicyclic) bond motifs is 1. The highest BCUT2D eigenvalue weighted by molar-refractivity contribution is 9.10. The van der Waals surface area contributed by atoms with Gasteiger partial charge in [-0.2, -0.15) is 0 Å². The molecule has 4 rings (SSSR count). The Morgan fingerprint density at radius 3 is 2.40 bits per heavy atom. The SMILES string of the molecule is Fc1cccc(Br)c1Cc1c(-c2ccc(Cl)cc2)[nH]c2ccccc12. The predicted octanol–water partition coefficient (Wildman–Crippen LogP) is 6.98. The van der Waals surface area contributed by atoms with E-state index in [9.17, 15) is 4.39 Å². The Morgan fingerprint density at radius 2 is 1.64 bits per heavy atom. The van der Waals surface area contributed by atoms with Crippen LogP contribution in [0.5, 0.6) is 0 Å². The second-order valence-electron chi connectivity index (χ2n) is 5.91. The van der Waals surface area contributed by atoms with E-state index >= 15 is 0 Å². The molecule has 0 aliphatic heterocycles. The van der Waals surface area contributed by atoms with Crippen LogP contribution < -0.4 is 0 Å². The minimum absolute atomic E-state index is 0.207. The molecule has 4 aromatic rings. The number of aromatic amines is 1. The summed E-state index contributed by atoms with van der Waals surface area (Å²) in [5, 5.41) is 1.79. The average molecular weight is 415 g/mol. The van der Waals surface area contributed by atoms with Crippen LogP contribution in [-0.2, 0) is 6.42 Å². The Bertz CT molecular complexity index is 1030. The molecule has 0 unspecified atom stereocenters. The zero-order valence-electron chi connectivity index (χ0n) is 13.2. The van der Waals surface area contributed by atoms with Gasteiger partial charge in [-0.1, -0.05) is 63.9 Å². The number of benzene rings is 3. The fourth-order valence-corrected chi connectivity index (χ4v) is 3.73. The molecular formula is C21H14BrClFN. The summed E-state index contributed by atoms with van der Waals surface area (Å²) in [6.45, 7) is 0. The highest BCUT2D eigenvalue weighted by atomic mass is 79.9. The maximum absolute atomic E-state index is 14.4. The van der Waals surface area contributed by atoms with E-state index in [0.717, 1.165) is 32.2 Å². The quantitative estimate of drug-likeness (QED) is 0.372. The summed E-state index contributed by atoms with van der Waals surface area (Å²) in [6.07, 6.45) is 0.495. The Balaban J connectivity index is 1.92. The molecular weight excluding hydrogens is 401 g/mol. The van der Waals surface area contributed by atoms with Crippen molar-refractivity contribution in [3.8, 4) is 11.3 Å². The fourth-order valence-electron chi connectivity index (χ4n) is 3.12. The number of halogens is 3. The van der Waals surface area contributed by atoms with E-state index in [-0.39, 0.29) is 5.82 Å². The van der Waals surface area contributed by atoms with Crippen LogP contribution in [0.15, 0.2) is 71.2 Å². The van der Waals surface area contributed by atoms with E-state index < -0.39 is 0 Å². The van der Waals surface area contributed by atoms with Gasteiger partial charge in [-0.15, -0.1) is 0 Å². The molecule has 0 saturated carbocycles. The largest absolute Gasteiger partial charge is 0.354 e. The first kappa shape index (κ1) is 16.4. The van der Waals surface area contributed by atoms with E-state index in [0.29, 0.717) is 17.0 Å². The molecule has 1 heterocycles. The molecule has 0 saturated heterocycles. The topological polar surface area (TPSA) is 15.8 Å². The third-order valence-electron chi connectivity index (χ3n) is 4.36. The molecule has 0 fully saturated rings. The minimum Gasteiger partial charge on any atom is -0.354 e. The summed E-state index contributed by atoms with van der Waals surface area (Å²) in [5.74, 6) is -0.207. The highest BCUT2D eigenvalue weighted by Gasteiger charge is 2.16. The van der Waals surface area contributed by atoms with E-state index in [1.165, 1.54) is 6.07 Å². The van der Waals surface area contributed by atoms with Crippen LogP contribution in [-0.4, -0.2) is 4.98 Å². The molecule has 0 bridgehead atoms. The third-order valence-corrected chi connectivity index (χ3v) is 5.36. The molecule has 3 aromatic carbocycles. The lowest BCUT2D eigenvalue weighted by Crippen LogP contribution is -1.95. The number of aromatic nitrogens is 1. The van der Waals surface area contributed by atoms with Crippen molar-refractivity contribution >= 4 is 38.4 Å². The number of H-pyrrole nitrogens is 1. The van der Waals surface area contributed by atoms with Gasteiger partial charge in [0.1, 0.15) is 5.82 Å². The van der Waals surface area contributed by atoms with Crippen molar-refractivity contribution in [1.82, 2.24) is 4.98 Å². The van der Waals surface area contributed by atoms with Gasteiger partial charge in [-0.05, 0) is 41.5 Å². The molecule has 4 heteroatoms. The number of nitrogens with one attached hydrogen (secondary N) is 1. The van der Waals surface area contributed by atoms with Gasteiger partial charge in [0, 0.05) is 32.4 Å². The summed E-state index contributed by atoms with van der Waals surface area (Å²) < 4.78 is 15.1. The van der Waals surface area contributed by atoms with Gasteiger partial charge in [0.2, 0.25) is 0 Å². The first-order valence-corrected chi connectivity index (χ1v) is 9.09. The van der Waals surface area contributed by atoms with Crippen LogP contribution in [0.1, 0.15) is 11.1 Å². The van der Waals surface area contributed by atoms with Gasteiger partial charge in [0.15, 0.2) is 0 Å². The molecule has 1 aromatic heterocycles. The summed E-state index contributed by atoms with van der Waals surface area (Å²) in [7, 11) is 0. The number of hydrogen-bond acceptors (Lipinski definition) is 0. The molecule has 0 amide bonds. The summed E-state index contributed by atoms with van der Waals surface area (Å²) in [6, 6.07) is 20.9. The van der Waals surface area contributed by atoms with Gasteiger partial charge in [-0.25, -0.2) is 4.39 Å². The smallest absolute Gasteiger partial charge is 0.127 e. The molecule has 0 atom stereocenters. The summed E-state index contributed by atoms with van der Waals surface area (Å²) in [4.78, 5) is 3.48. The number of hydrogen-bond donors (Lipinski definition) is 1. The van der Waals surface area contributed by atoms with Crippen LogP contribution in [0.4, 0.5) is 4.39 Å². The van der Waals surface area contributed by atoms with Crippen molar-refractivity contribution in [3.63, 3.8) is 0 Å². The lowest BCUT2D eigenvalue weighted by Gasteiger charge is -2.09. The maximum Gasteiger partial charge on any atom is 0.127 e. The van der Waals surface area contributed by atoms with Crippen molar-refractivity contribution in [2.24, 2.45) is 0 Å². The molecule has 0 radical (unpaired) electrons. The Labute approximate surface area is 158 Å². The maximum atomic E-state index is 14.4. The molecule has 1 nitrogen and oxygen atoms in total. The molecule has 0 aliphatic rings. The molecule has 25 heavy (non-hydrogen) atoms. The van der Waals surface area contributed by atoms with E-state index in [1.807, 2.05) is 48.5 Å². The van der Waals surface area contributed by atoms with Gasteiger partial charge in [0.05, 0.1) is 5.69 Å². The number of rotatable bonds is 3. The molecule has 124 valence electrons. The summed E-state index contributed by atoms with van der Waals surface area (Å²) in [5.41, 5.74) is 4.79. The van der Waals surface area contributed by atoms with Gasteiger partial charge >= 0.3 is 0 Å². The minimum atomic E-state index is -0.207. The predicted molar refractivity (Wildman–Crippen MR) is 106 cm³/mol. The second-order valence-corrected chi connectivity index (χ2v) is 7.20. The van der Waals surface area contributed by atoms with Crippen LogP contribution in [0, 0.1) is 5.82 Å². The van der Waals surface area contributed by atoms with E-state index in [2.05, 4.69) is 27.0 Å². The average Bonchev–Trinajstić information content (AvgIpc) is 2.97. The zero-order chi connectivity index (χ0) is 17.4. The second kappa shape index (κ2) is 6.66. The van der Waals surface area contributed by atoms with E-state index in [4.69, 9.17) is 11.6 Å². The van der Waals surface area contributed by atoms with Gasteiger partial charge < -0.3 is 4.98 Å². The molecule has 0 aliphatic carbocycles. The Morgan fingerprint density at radius 1 is 0.880 bits per heavy atom. The van der Waals surface area contributed by atoms with Crippen molar-refractivity contribution in [2.75, 3.05) is 0 Å². The summed E-state index contributed by atoms with van der Waals surface area (Å²) >= 11 is 9.50. The van der Waals surface area contributed by atoms with Crippen LogP contribution >= 0.6 is 27.5 Å². The zero-order valence-corrected chi connectivity index (χ0v) is 15.5. The Hall–Kier alpha value is -2.10. The van der Waals surface area contributed by atoms with Crippen LogP contribution in [0.3, 0.4) is 0 Å². The first-order valence-electron chi connectivity index (χ1n) is 7.92. The van der Waals surface area contributed by atoms with Gasteiger partial charge in [-0.3, -0.25) is 0 Å². The fraction of sp³-hybridized carbons (Fsp3) is 0.0476. The molecule has 0 spiro atoms. The normalized spacial score (nSPS) is 11.2. The molecule has 1 N–H and O–H groups in total. The lowest BCUT2D eigenvalue weighted by molar-refractivity contribution is 0.613. The third kappa shape index (κ3) is 3.10. The lowest BCUT2D eigenvalue weighted by atomic mass is 9.98. The standard InChI is InChI=1S/C21H14BrClFN/c22-18-5-3-6-19(24)17(18)12-16-15-4-1-2-7-20(15)25-21(16)13-8-10-14(23)11-9-13/h1-11,25H,12H2. The van der Waals surface area contributed by atoms with Crippen molar-refractivity contribution in [1.29, 1.82) is 0 Å². The number of para-hydroxylation sites is 1. The Kier molecular flexibility index (Phi) is 4.36. The van der Waals surface area contributed by atoms with Crippen molar-refractivity contribution in [2.45, 2.75) is 6.42 Å². The highest BCUT2D eigenvalue weighted by Crippen LogP contribution is 2.34.